The van der Waals surface area contributed by atoms with Crippen LogP contribution in [-0.2, 0) is 4.79 Å². The van der Waals surface area contributed by atoms with Crippen molar-refractivity contribution in [3.8, 4) is 5.69 Å². The molecule has 0 radical (unpaired) electrons. The van der Waals surface area contributed by atoms with Crippen LogP contribution in [0.5, 0.6) is 0 Å². The first-order chi connectivity index (χ1) is 13.1. The molecule has 1 fully saturated rings. The molecular formula is C20H18N4O3. The van der Waals surface area contributed by atoms with Crippen LogP contribution in [-0.4, -0.2) is 39.1 Å². The van der Waals surface area contributed by atoms with Gasteiger partial charge in [-0.25, -0.2) is 0 Å². The fourth-order valence-corrected chi connectivity index (χ4v) is 3.53. The number of amides is 2. The van der Waals surface area contributed by atoms with Crippen LogP contribution in [0.25, 0.3) is 16.5 Å². The molecule has 136 valence electrons. The second kappa shape index (κ2) is 6.68. The van der Waals surface area contributed by atoms with Gasteiger partial charge in [-0.1, -0.05) is 36.4 Å². The highest BCUT2D eigenvalue weighted by Crippen LogP contribution is 2.22. The van der Waals surface area contributed by atoms with E-state index in [9.17, 15) is 14.4 Å². The van der Waals surface area contributed by atoms with Gasteiger partial charge in [0, 0.05) is 11.9 Å². The summed E-state index contributed by atoms with van der Waals surface area (Å²) in [5.41, 5.74) is 5.85. The monoisotopic (exact) mass is 362 g/mol. The fourth-order valence-electron chi connectivity index (χ4n) is 3.53. The minimum Gasteiger partial charge on any atom is -0.368 e. The molecule has 27 heavy (non-hydrogen) atoms. The Morgan fingerprint density at radius 2 is 1.67 bits per heavy atom. The molecule has 4 rings (SSSR count). The zero-order valence-electron chi connectivity index (χ0n) is 14.5. The Morgan fingerprint density at radius 1 is 1.00 bits per heavy atom. The van der Waals surface area contributed by atoms with Crippen LogP contribution in [0.15, 0.2) is 59.4 Å². The molecular weight excluding hydrogens is 344 g/mol. The highest BCUT2D eigenvalue weighted by molar-refractivity contribution is 6.06. The maximum Gasteiger partial charge on any atom is 0.279 e. The number of likely N-dealkylation sites (tertiary alicyclic amines) is 1. The lowest BCUT2D eigenvalue weighted by Gasteiger charge is -2.22. The van der Waals surface area contributed by atoms with E-state index >= 15 is 0 Å². The summed E-state index contributed by atoms with van der Waals surface area (Å²) in [5, 5.41) is 5.23. The lowest BCUT2D eigenvalue weighted by molar-refractivity contribution is -0.121. The number of carbonyl (C=O) groups excluding carboxylic acids is 2. The average molecular weight is 362 g/mol. The van der Waals surface area contributed by atoms with Crippen LogP contribution >= 0.6 is 0 Å². The number of carbonyl (C=O) groups is 2. The molecule has 0 aliphatic carbocycles. The SMILES string of the molecule is NC(=O)[C@H]1CCCN1C(=O)c1nn(-c2ccccc2)c(=O)c2ccccc12. The first kappa shape index (κ1) is 17.0. The Kier molecular flexibility index (Phi) is 4.19. The number of hydrogen-bond acceptors (Lipinski definition) is 4. The molecule has 1 atom stereocenters. The number of hydrogen-bond donors (Lipinski definition) is 1. The Labute approximate surface area is 155 Å². The number of rotatable bonds is 3. The highest BCUT2D eigenvalue weighted by Gasteiger charge is 2.35. The molecule has 1 saturated heterocycles. The van der Waals surface area contributed by atoms with Crippen molar-refractivity contribution >= 4 is 22.6 Å². The number of fused-ring (bicyclic) bond motifs is 1. The minimum absolute atomic E-state index is 0.141. The van der Waals surface area contributed by atoms with Crippen LogP contribution in [0, 0.1) is 0 Å². The number of benzene rings is 2. The number of primary amides is 1. The molecule has 2 N–H and O–H groups in total. The molecule has 7 nitrogen and oxygen atoms in total. The third kappa shape index (κ3) is 2.87. The molecule has 2 aromatic carbocycles. The summed E-state index contributed by atoms with van der Waals surface area (Å²) in [6.45, 7) is 0.437. The maximum absolute atomic E-state index is 13.2. The molecule has 2 heterocycles. The molecule has 1 aliphatic rings. The molecule has 1 aromatic heterocycles. The van der Waals surface area contributed by atoms with Crippen molar-refractivity contribution in [2.75, 3.05) is 6.54 Å². The van der Waals surface area contributed by atoms with Crippen molar-refractivity contribution < 1.29 is 9.59 Å². The number of aromatic nitrogens is 2. The zero-order chi connectivity index (χ0) is 19.0. The smallest absolute Gasteiger partial charge is 0.279 e. The molecule has 7 heteroatoms. The Bertz CT molecular complexity index is 1090. The largest absolute Gasteiger partial charge is 0.368 e. The number of para-hydroxylation sites is 1. The topological polar surface area (TPSA) is 98.3 Å². The van der Waals surface area contributed by atoms with E-state index in [0.717, 1.165) is 0 Å². The van der Waals surface area contributed by atoms with E-state index < -0.39 is 17.9 Å². The van der Waals surface area contributed by atoms with Gasteiger partial charge in [0.2, 0.25) is 5.91 Å². The van der Waals surface area contributed by atoms with Crippen molar-refractivity contribution in [2.24, 2.45) is 5.73 Å². The summed E-state index contributed by atoms with van der Waals surface area (Å²) in [6.07, 6.45) is 1.24. The summed E-state index contributed by atoms with van der Waals surface area (Å²) in [6, 6.07) is 15.1. The third-order valence-electron chi connectivity index (χ3n) is 4.85. The first-order valence-electron chi connectivity index (χ1n) is 8.75. The van der Waals surface area contributed by atoms with Gasteiger partial charge in [0.05, 0.1) is 11.1 Å². The number of nitrogens with two attached hydrogens (primary N) is 1. The van der Waals surface area contributed by atoms with Crippen LogP contribution < -0.4 is 11.3 Å². The van der Waals surface area contributed by atoms with Gasteiger partial charge >= 0.3 is 0 Å². The van der Waals surface area contributed by atoms with E-state index in [0.29, 0.717) is 35.8 Å². The maximum atomic E-state index is 13.2. The van der Waals surface area contributed by atoms with Crippen molar-refractivity contribution in [1.29, 1.82) is 0 Å². The Balaban J connectivity index is 1.92. The average Bonchev–Trinajstić information content (AvgIpc) is 3.19. The van der Waals surface area contributed by atoms with Gasteiger partial charge in [0.1, 0.15) is 6.04 Å². The van der Waals surface area contributed by atoms with Crippen molar-refractivity contribution in [2.45, 2.75) is 18.9 Å². The lowest BCUT2D eigenvalue weighted by atomic mass is 10.1. The summed E-state index contributed by atoms with van der Waals surface area (Å²) < 4.78 is 1.23. The van der Waals surface area contributed by atoms with Gasteiger partial charge in [-0.2, -0.15) is 9.78 Å². The normalized spacial score (nSPS) is 16.6. The van der Waals surface area contributed by atoms with Crippen molar-refractivity contribution in [3.05, 3.63) is 70.6 Å². The number of nitrogens with zero attached hydrogens (tertiary/aromatic N) is 3. The summed E-state index contributed by atoms with van der Waals surface area (Å²) in [5.74, 6) is -0.918. The predicted octanol–water partition coefficient (Wildman–Crippen LogP) is 1.48. The summed E-state index contributed by atoms with van der Waals surface area (Å²) in [4.78, 5) is 39.3. The van der Waals surface area contributed by atoms with Gasteiger partial charge in [-0.05, 0) is 31.0 Å². The van der Waals surface area contributed by atoms with Crippen LogP contribution in [0.1, 0.15) is 23.3 Å². The highest BCUT2D eigenvalue weighted by atomic mass is 16.2. The van der Waals surface area contributed by atoms with Crippen LogP contribution in [0.3, 0.4) is 0 Å². The van der Waals surface area contributed by atoms with Crippen molar-refractivity contribution in [3.63, 3.8) is 0 Å². The van der Waals surface area contributed by atoms with E-state index in [-0.39, 0.29) is 11.3 Å². The molecule has 0 saturated carbocycles. The second-order valence-corrected chi connectivity index (χ2v) is 6.51. The Hall–Kier alpha value is -3.48. The van der Waals surface area contributed by atoms with Gasteiger partial charge in [-0.3, -0.25) is 14.4 Å². The quantitative estimate of drug-likeness (QED) is 0.763. The van der Waals surface area contributed by atoms with Gasteiger partial charge < -0.3 is 10.6 Å². The van der Waals surface area contributed by atoms with Crippen molar-refractivity contribution in [1.82, 2.24) is 14.7 Å². The Morgan fingerprint density at radius 3 is 2.37 bits per heavy atom. The molecule has 3 aromatic rings. The van der Waals surface area contributed by atoms with Crippen LogP contribution in [0.4, 0.5) is 0 Å². The van der Waals surface area contributed by atoms with Crippen LogP contribution in [0.2, 0.25) is 0 Å². The van der Waals surface area contributed by atoms with Gasteiger partial charge in [-0.15, -0.1) is 0 Å². The molecule has 1 aliphatic heterocycles. The summed E-state index contributed by atoms with van der Waals surface area (Å²) >= 11 is 0. The van der Waals surface area contributed by atoms with E-state index in [2.05, 4.69) is 5.10 Å². The zero-order valence-corrected chi connectivity index (χ0v) is 14.5. The van der Waals surface area contributed by atoms with E-state index in [4.69, 9.17) is 5.73 Å². The standard InChI is InChI=1S/C20H18N4O3/c21-18(25)16-11-6-12-23(16)20(27)17-14-9-4-5-10-15(14)19(26)24(22-17)13-7-2-1-3-8-13/h1-5,7-10,16H,6,11-12H2,(H2,21,25)/t16-/m1/s1. The molecule has 0 unspecified atom stereocenters. The van der Waals surface area contributed by atoms with E-state index in [1.165, 1.54) is 9.58 Å². The van der Waals surface area contributed by atoms with Gasteiger partial charge in [0.25, 0.3) is 11.5 Å². The van der Waals surface area contributed by atoms with E-state index in [1.54, 1.807) is 48.5 Å². The second-order valence-electron chi connectivity index (χ2n) is 6.51. The molecule has 2 amide bonds. The van der Waals surface area contributed by atoms with Gasteiger partial charge in [0.15, 0.2) is 5.69 Å². The van der Waals surface area contributed by atoms with E-state index in [1.807, 2.05) is 6.07 Å². The predicted molar refractivity (Wildman–Crippen MR) is 101 cm³/mol. The lowest BCUT2D eigenvalue weighted by Crippen LogP contribution is -2.44. The molecule has 0 bridgehead atoms. The summed E-state index contributed by atoms with van der Waals surface area (Å²) in [7, 11) is 0. The fraction of sp³-hybridized carbons (Fsp3) is 0.200. The molecule has 0 spiro atoms. The first-order valence-corrected chi connectivity index (χ1v) is 8.75. The third-order valence-corrected chi connectivity index (χ3v) is 4.85. The minimum atomic E-state index is -0.643.